The van der Waals surface area contributed by atoms with Crippen LogP contribution in [0.3, 0.4) is 0 Å². The third kappa shape index (κ3) is 2.99. The van der Waals surface area contributed by atoms with Gasteiger partial charge in [0.15, 0.2) is 0 Å². The fourth-order valence-corrected chi connectivity index (χ4v) is 2.00. The number of imide groups is 2. The van der Waals surface area contributed by atoms with Crippen molar-refractivity contribution in [2.75, 3.05) is 4.90 Å². The van der Waals surface area contributed by atoms with Gasteiger partial charge in [0.05, 0.1) is 5.69 Å². The summed E-state index contributed by atoms with van der Waals surface area (Å²) in [5.41, 5.74) is 1.67. The summed E-state index contributed by atoms with van der Waals surface area (Å²) in [6.45, 7) is 2.13. The van der Waals surface area contributed by atoms with Crippen LogP contribution in [0.1, 0.15) is 31.7 Å². The number of benzene rings is 1. The van der Waals surface area contributed by atoms with Gasteiger partial charge in [0.25, 0.3) is 0 Å². The fourth-order valence-electron chi connectivity index (χ4n) is 2.00. The standard InChI is InChI=1S/C14H16N2O3/c1-2-3-4-10-5-7-11(8-6-10)16-13(18)9-12(17)15-14(16)19/h5-8H,2-4,9H2,1H3,(H,15,17,19). The molecule has 5 nitrogen and oxygen atoms in total. The molecule has 4 amide bonds. The molecular formula is C14H16N2O3. The van der Waals surface area contributed by atoms with E-state index in [0.29, 0.717) is 5.69 Å². The number of hydrogen-bond donors (Lipinski definition) is 1. The maximum atomic E-state index is 11.7. The highest BCUT2D eigenvalue weighted by molar-refractivity contribution is 6.26. The van der Waals surface area contributed by atoms with Crippen molar-refractivity contribution in [1.82, 2.24) is 5.32 Å². The Hall–Kier alpha value is -2.17. The first-order valence-electron chi connectivity index (χ1n) is 6.37. The number of aryl methyl sites for hydroxylation is 1. The Bertz CT molecular complexity index is 488. The monoisotopic (exact) mass is 260 g/mol. The first-order chi connectivity index (χ1) is 9.11. The third-order valence-electron chi connectivity index (χ3n) is 3.02. The van der Waals surface area contributed by atoms with Crippen LogP contribution in [0.5, 0.6) is 0 Å². The molecule has 0 aromatic heterocycles. The van der Waals surface area contributed by atoms with Crippen molar-refractivity contribution in [3.8, 4) is 0 Å². The number of carbonyl (C=O) groups excluding carboxylic acids is 3. The van der Waals surface area contributed by atoms with Crippen LogP contribution in [0.2, 0.25) is 0 Å². The smallest absolute Gasteiger partial charge is 0.277 e. The average Bonchev–Trinajstić information content (AvgIpc) is 2.36. The van der Waals surface area contributed by atoms with Crippen LogP contribution < -0.4 is 10.2 Å². The van der Waals surface area contributed by atoms with Gasteiger partial charge in [-0.3, -0.25) is 14.9 Å². The number of nitrogens with one attached hydrogen (secondary N) is 1. The molecule has 19 heavy (non-hydrogen) atoms. The highest BCUT2D eigenvalue weighted by atomic mass is 16.2. The van der Waals surface area contributed by atoms with Crippen molar-refractivity contribution in [1.29, 1.82) is 0 Å². The fraction of sp³-hybridized carbons (Fsp3) is 0.357. The van der Waals surface area contributed by atoms with Gasteiger partial charge in [0.1, 0.15) is 6.42 Å². The van der Waals surface area contributed by atoms with Gasteiger partial charge in [-0.1, -0.05) is 25.5 Å². The normalized spacial score (nSPS) is 15.6. The Morgan fingerprint density at radius 2 is 1.84 bits per heavy atom. The highest BCUT2D eigenvalue weighted by Gasteiger charge is 2.31. The molecule has 1 aromatic rings. The van der Waals surface area contributed by atoms with Gasteiger partial charge in [-0.05, 0) is 30.5 Å². The summed E-state index contributed by atoms with van der Waals surface area (Å²) >= 11 is 0. The zero-order valence-corrected chi connectivity index (χ0v) is 10.8. The summed E-state index contributed by atoms with van der Waals surface area (Å²) in [4.78, 5) is 35.4. The van der Waals surface area contributed by atoms with Crippen molar-refractivity contribution in [3.05, 3.63) is 29.8 Å². The number of anilines is 1. The molecule has 1 aliphatic heterocycles. The van der Waals surface area contributed by atoms with Gasteiger partial charge in [0, 0.05) is 0 Å². The van der Waals surface area contributed by atoms with E-state index in [4.69, 9.17) is 0 Å². The van der Waals surface area contributed by atoms with Crippen molar-refractivity contribution in [2.45, 2.75) is 32.6 Å². The minimum Gasteiger partial charge on any atom is -0.277 e. The molecule has 5 heteroatoms. The summed E-state index contributed by atoms with van der Waals surface area (Å²) < 4.78 is 0. The number of unbranched alkanes of at least 4 members (excludes halogenated alkanes) is 1. The number of carbonyl (C=O) groups is 3. The van der Waals surface area contributed by atoms with E-state index in [-0.39, 0.29) is 6.42 Å². The average molecular weight is 260 g/mol. The molecule has 0 atom stereocenters. The number of hydrogen-bond acceptors (Lipinski definition) is 3. The minimum atomic E-state index is -0.678. The van der Waals surface area contributed by atoms with Crippen LogP contribution in [0.25, 0.3) is 0 Å². The first kappa shape index (κ1) is 13.3. The second-order valence-electron chi connectivity index (χ2n) is 4.53. The van der Waals surface area contributed by atoms with Crippen molar-refractivity contribution in [3.63, 3.8) is 0 Å². The van der Waals surface area contributed by atoms with Crippen molar-refractivity contribution >= 4 is 23.5 Å². The summed E-state index contributed by atoms with van der Waals surface area (Å²) in [7, 11) is 0. The lowest BCUT2D eigenvalue weighted by atomic mass is 10.1. The molecule has 0 unspecified atom stereocenters. The molecule has 0 spiro atoms. The van der Waals surface area contributed by atoms with Crippen LogP contribution in [-0.4, -0.2) is 17.8 Å². The molecule has 1 fully saturated rings. The van der Waals surface area contributed by atoms with E-state index in [1.165, 1.54) is 5.56 Å². The number of amides is 4. The van der Waals surface area contributed by atoms with Gasteiger partial charge >= 0.3 is 6.03 Å². The van der Waals surface area contributed by atoms with Gasteiger partial charge in [-0.2, -0.15) is 0 Å². The minimum absolute atomic E-state index is 0.288. The van der Waals surface area contributed by atoms with Crippen molar-refractivity contribution < 1.29 is 14.4 Å². The number of barbiturate groups is 1. The maximum Gasteiger partial charge on any atom is 0.335 e. The number of rotatable bonds is 4. The largest absolute Gasteiger partial charge is 0.335 e. The van der Waals surface area contributed by atoms with Crippen LogP contribution in [0, 0.1) is 0 Å². The predicted molar refractivity (Wildman–Crippen MR) is 70.7 cm³/mol. The molecule has 0 radical (unpaired) electrons. The quantitative estimate of drug-likeness (QED) is 0.842. The van der Waals surface area contributed by atoms with E-state index >= 15 is 0 Å². The molecule has 0 saturated carbocycles. The Labute approximate surface area is 111 Å². The SMILES string of the molecule is CCCCc1ccc(N2C(=O)CC(=O)NC2=O)cc1. The van der Waals surface area contributed by atoms with Gasteiger partial charge in [-0.25, -0.2) is 9.69 Å². The lowest BCUT2D eigenvalue weighted by Crippen LogP contribution is -2.52. The topological polar surface area (TPSA) is 66.5 Å². The Kier molecular flexibility index (Phi) is 3.94. The molecule has 2 rings (SSSR count). The van der Waals surface area contributed by atoms with Crippen LogP contribution >= 0.6 is 0 Å². The Balaban J connectivity index is 2.15. The van der Waals surface area contributed by atoms with E-state index in [2.05, 4.69) is 12.2 Å². The van der Waals surface area contributed by atoms with Crippen molar-refractivity contribution in [2.24, 2.45) is 0 Å². The third-order valence-corrected chi connectivity index (χ3v) is 3.02. The molecule has 1 aromatic carbocycles. The van der Waals surface area contributed by atoms with Gasteiger partial charge in [-0.15, -0.1) is 0 Å². The predicted octanol–water partition coefficient (Wildman–Crippen LogP) is 2.00. The second kappa shape index (κ2) is 5.65. The maximum absolute atomic E-state index is 11.7. The van der Waals surface area contributed by atoms with E-state index in [0.717, 1.165) is 24.2 Å². The lowest BCUT2D eigenvalue weighted by Gasteiger charge is -2.24. The second-order valence-corrected chi connectivity index (χ2v) is 4.53. The highest BCUT2D eigenvalue weighted by Crippen LogP contribution is 2.19. The molecule has 100 valence electrons. The molecule has 1 N–H and O–H groups in total. The Morgan fingerprint density at radius 3 is 2.42 bits per heavy atom. The molecule has 1 aliphatic rings. The first-order valence-corrected chi connectivity index (χ1v) is 6.37. The van der Waals surface area contributed by atoms with Crippen LogP contribution in [0.4, 0.5) is 10.5 Å². The van der Waals surface area contributed by atoms with E-state index in [1.54, 1.807) is 12.1 Å². The van der Waals surface area contributed by atoms with Gasteiger partial charge < -0.3 is 0 Å². The Morgan fingerprint density at radius 1 is 1.16 bits per heavy atom. The van der Waals surface area contributed by atoms with Crippen LogP contribution in [-0.2, 0) is 16.0 Å². The van der Waals surface area contributed by atoms with E-state index in [9.17, 15) is 14.4 Å². The zero-order valence-electron chi connectivity index (χ0n) is 10.8. The number of nitrogens with zero attached hydrogens (tertiary/aromatic N) is 1. The summed E-state index contributed by atoms with van der Waals surface area (Å²) in [6, 6.07) is 6.60. The van der Waals surface area contributed by atoms with Gasteiger partial charge in [0.2, 0.25) is 11.8 Å². The van der Waals surface area contributed by atoms with E-state index < -0.39 is 17.8 Å². The van der Waals surface area contributed by atoms with E-state index in [1.807, 2.05) is 12.1 Å². The molecule has 0 aliphatic carbocycles. The molecule has 1 saturated heterocycles. The van der Waals surface area contributed by atoms with Crippen LogP contribution in [0.15, 0.2) is 24.3 Å². The lowest BCUT2D eigenvalue weighted by molar-refractivity contribution is -0.128. The zero-order chi connectivity index (χ0) is 13.8. The summed E-state index contributed by atoms with van der Waals surface area (Å²) in [6.07, 6.45) is 2.92. The summed E-state index contributed by atoms with van der Waals surface area (Å²) in [5.74, 6) is -1.04. The molecular weight excluding hydrogens is 244 g/mol. The summed E-state index contributed by atoms with van der Waals surface area (Å²) in [5, 5.41) is 2.13. The molecule has 0 bridgehead atoms. The molecule has 1 heterocycles. The number of urea groups is 1.